The molecular formula is C36H39F5N2. The zero-order valence-corrected chi connectivity index (χ0v) is 25.1. The summed E-state index contributed by atoms with van der Waals surface area (Å²) in [5, 5.41) is 0. The molecule has 10 rings (SSSR count). The molecule has 8 aliphatic rings. The summed E-state index contributed by atoms with van der Waals surface area (Å²) in [4.78, 5) is 8.46. The number of nitrogens with zero attached hydrogens (tertiary/aromatic N) is 1. The van der Waals surface area contributed by atoms with E-state index in [9.17, 15) is 13.2 Å². The lowest BCUT2D eigenvalue weighted by atomic mass is 9.40. The Labute approximate surface area is 249 Å². The van der Waals surface area contributed by atoms with Gasteiger partial charge >= 0.3 is 0 Å². The van der Waals surface area contributed by atoms with E-state index in [0.717, 1.165) is 55.8 Å². The molecule has 2 aromatic rings. The second kappa shape index (κ2) is 9.40. The molecule has 1 N–H and O–H groups in total. The first-order valence-corrected chi connectivity index (χ1v) is 16.2. The third kappa shape index (κ3) is 3.97. The van der Waals surface area contributed by atoms with Gasteiger partial charge in [-0.25, -0.2) is 22.0 Å². The highest BCUT2D eigenvalue weighted by molar-refractivity contribution is 6.05. The Kier molecular flexibility index (Phi) is 6.08. The fourth-order valence-electron chi connectivity index (χ4n) is 11.5. The van der Waals surface area contributed by atoms with Crippen molar-refractivity contribution in [2.75, 3.05) is 0 Å². The van der Waals surface area contributed by atoms with E-state index < -0.39 is 34.6 Å². The molecule has 0 spiro atoms. The molecule has 0 radical (unpaired) electrons. The van der Waals surface area contributed by atoms with E-state index in [0.29, 0.717) is 41.2 Å². The van der Waals surface area contributed by atoms with Crippen LogP contribution in [0.2, 0.25) is 0 Å². The number of fused-ring (bicyclic) bond motifs is 3. The van der Waals surface area contributed by atoms with Crippen LogP contribution in [0.1, 0.15) is 95.5 Å². The van der Waals surface area contributed by atoms with Crippen LogP contribution >= 0.6 is 0 Å². The molecule has 2 heterocycles. The Morgan fingerprint density at radius 2 is 1.35 bits per heavy atom. The van der Waals surface area contributed by atoms with Gasteiger partial charge in [0, 0.05) is 33.5 Å². The third-order valence-corrected chi connectivity index (χ3v) is 12.4. The highest BCUT2D eigenvalue weighted by Gasteiger charge is 2.60. The summed E-state index contributed by atoms with van der Waals surface area (Å²) in [5.74, 6) is -5.19. The van der Waals surface area contributed by atoms with E-state index in [1.807, 2.05) is 12.1 Å². The minimum absolute atomic E-state index is 0.0451. The van der Waals surface area contributed by atoms with Crippen LogP contribution in [0, 0.1) is 75.9 Å². The summed E-state index contributed by atoms with van der Waals surface area (Å²) in [7, 11) is 0. The van der Waals surface area contributed by atoms with Crippen LogP contribution in [0.25, 0.3) is 5.57 Å². The number of aromatic nitrogens is 1. The number of nitrogens with one attached hydrogen (secondary N) is 1. The normalized spacial score (nSPS) is 40.5. The Balaban J connectivity index is 1.28. The maximum absolute atomic E-state index is 15.5. The molecule has 5 unspecified atom stereocenters. The average molecular weight is 595 g/mol. The van der Waals surface area contributed by atoms with Crippen LogP contribution in [-0.4, -0.2) is 10.7 Å². The predicted octanol–water partition coefficient (Wildman–Crippen LogP) is 9.66. The van der Waals surface area contributed by atoms with Gasteiger partial charge in [0.25, 0.3) is 0 Å². The van der Waals surface area contributed by atoms with Gasteiger partial charge in [0.2, 0.25) is 5.82 Å². The molecule has 2 nitrogen and oxygen atoms in total. The van der Waals surface area contributed by atoms with Crippen LogP contribution in [0.5, 0.6) is 0 Å². The second-order valence-corrected chi connectivity index (χ2v) is 15.5. The topological polar surface area (TPSA) is 28.1 Å². The Morgan fingerprint density at radius 1 is 0.721 bits per heavy atom. The maximum atomic E-state index is 15.5. The molecule has 5 atom stereocenters. The molecule has 43 heavy (non-hydrogen) atoms. The van der Waals surface area contributed by atoms with Crippen molar-refractivity contribution in [2.24, 2.45) is 51.8 Å². The molecule has 0 saturated heterocycles. The van der Waals surface area contributed by atoms with Gasteiger partial charge in [0.15, 0.2) is 23.3 Å². The number of H-pyrrole nitrogens is 1. The monoisotopic (exact) mass is 594 g/mol. The standard InChI is InChI=1S/C36H39F5N2/c1-17-8-20-9-18(2)12-35(11-17,14-20)25-6-4-23(42-25)28(29-30(37)32(39)34(41)33(40)31(29)38)24-5-7-26(43-24)36-13-19(3)27-21(15-36)10-22(27)16-36/h4-7,17-22,27,43H,8-16H2,1-3H3. The second-order valence-electron chi connectivity index (χ2n) is 15.5. The summed E-state index contributed by atoms with van der Waals surface area (Å²) in [6.45, 7) is 6.87. The lowest BCUT2D eigenvalue weighted by Gasteiger charge is -2.65. The van der Waals surface area contributed by atoms with Crippen LogP contribution < -0.4 is 0 Å². The molecule has 0 amide bonds. The van der Waals surface area contributed by atoms with E-state index in [-0.39, 0.29) is 22.1 Å². The number of hydrogen-bond acceptors (Lipinski definition) is 1. The van der Waals surface area contributed by atoms with Crippen molar-refractivity contribution in [2.45, 2.75) is 84.0 Å². The van der Waals surface area contributed by atoms with Crippen molar-refractivity contribution < 1.29 is 22.0 Å². The number of aromatic amines is 1. The first-order chi connectivity index (χ1) is 20.5. The molecule has 7 aliphatic carbocycles. The molecule has 7 fully saturated rings. The van der Waals surface area contributed by atoms with E-state index >= 15 is 8.78 Å². The number of halogens is 5. The zero-order valence-electron chi connectivity index (χ0n) is 25.1. The molecule has 1 aromatic carbocycles. The molecular weight excluding hydrogens is 555 g/mol. The van der Waals surface area contributed by atoms with Crippen molar-refractivity contribution >= 4 is 11.3 Å². The van der Waals surface area contributed by atoms with Crippen molar-refractivity contribution in [1.82, 2.24) is 4.98 Å². The van der Waals surface area contributed by atoms with E-state index in [4.69, 9.17) is 4.99 Å². The van der Waals surface area contributed by atoms with Crippen molar-refractivity contribution in [3.8, 4) is 0 Å². The van der Waals surface area contributed by atoms with Gasteiger partial charge in [-0.2, -0.15) is 0 Å². The van der Waals surface area contributed by atoms with Gasteiger partial charge in [0.05, 0.1) is 11.3 Å². The largest absolute Gasteiger partial charge is 0.358 e. The molecule has 1 aromatic heterocycles. The lowest BCUT2D eigenvalue weighted by molar-refractivity contribution is -0.123. The fraction of sp³-hybridized carbons (Fsp3) is 0.583. The third-order valence-electron chi connectivity index (χ3n) is 12.4. The lowest BCUT2D eigenvalue weighted by Crippen LogP contribution is -2.59. The molecule has 6 bridgehead atoms. The number of hydrogen-bond donors (Lipinski definition) is 1. The summed E-state index contributed by atoms with van der Waals surface area (Å²) < 4.78 is 74.5. The predicted molar refractivity (Wildman–Crippen MR) is 157 cm³/mol. The first-order valence-electron chi connectivity index (χ1n) is 16.2. The van der Waals surface area contributed by atoms with E-state index in [1.165, 1.54) is 19.3 Å². The van der Waals surface area contributed by atoms with Crippen molar-refractivity contribution in [1.29, 1.82) is 0 Å². The SMILES string of the molecule is CC1CC2CC(C)CC(C3=NC(=C(c4ccc(C56CC(C)C7C(CC7C5)C6)[nH]4)c4c(F)c(F)c(F)c(F)c4F)C=C3)(C1)C2. The maximum Gasteiger partial charge on any atom is 0.200 e. The highest BCUT2D eigenvalue weighted by atomic mass is 19.2. The van der Waals surface area contributed by atoms with Gasteiger partial charge in [-0.3, -0.25) is 4.99 Å². The minimum Gasteiger partial charge on any atom is -0.358 e. The average Bonchev–Trinajstić information content (AvgIpc) is 3.63. The van der Waals surface area contributed by atoms with Crippen LogP contribution in [0.15, 0.2) is 35.0 Å². The smallest absolute Gasteiger partial charge is 0.200 e. The fourth-order valence-corrected chi connectivity index (χ4v) is 11.5. The van der Waals surface area contributed by atoms with Gasteiger partial charge in [0.1, 0.15) is 0 Å². The van der Waals surface area contributed by atoms with Gasteiger partial charge in [-0.15, -0.1) is 0 Å². The summed E-state index contributed by atoms with van der Waals surface area (Å²) in [5.41, 5.74) is 1.29. The molecule has 7 saturated carbocycles. The number of allylic oxidation sites excluding steroid dienone is 2. The van der Waals surface area contributed by atoms with Gasteiger partial charge in [-0.05, 0) is 123 Å². The highest BCUT2D eigenvalue weighted by Crippen LogP contribution is 2.67. The quantitative estimate of drug-likeness (QED) is 0.207. The number of rotatable bonds is 4. The number of aliphatic imine (C=N–C) groups is 1. The van der Waals surface area contributed by atoms with Crippen LogP contribution in [0.3, 0.4) is 0 Å². The minimum atomic E-state index is -2.15. The van der Waals surface area contributed by atoms with Gasteiger partial charge < -0.3 is 4.98 Å². The Bertz CT molecular complexity index is 1540. The van der Waals surface area contributed by atoms with E-state index in [1.54, 1.807) is 12.1 Å². The molecule has 1 aliphatic heterocycles. The van der Waals surface area contributed by atoms with Crippen LogP contribution in [0.4, 0.5) is 22.0 Å². The van der Waals surface area contributed by atoms with Crippen LogP contribution in [-0.2, 0) is 5.41 Å². The van der Waals surface area contributed by atoms with E-state index in [2.05, 4.69) is 25.8 Å². The van der Waals surface area contributed by atoms with Crippen molar-refractivity contribution in [3.63, 3.8) is 0 Å². The number of benzene rings is 1. The van der Waals surface area contributed by atoms with Gasteiger partial charge in [-0.1, -0.05) is 20.8 Å². The summed E-state index contributed by atoms with van der Waals surface area (Å²) >= 11 is 0. The first kappa shape index (κ1) is 27.8. The Morgan fingerprint density at radius 3 is 1.98 bits per heavy atom. The summed E-state index contributed by atoms with van der Waals surface area (Å²) in [6.07, 6.45) is 13.5. The Hall–Kier alpha value is -2.70. The zero-order chi connectivity index (χ0) is 30.0. The molecule has 7 heteroatoms. The van der Waals surface area contributed by atoms with Crippen molar-refractivity contribution in [3.05, 3.63) is 76.0 Å². The molecule has 228 valence electrons. The summed E-state index contributed by atoms with van der Waals surface area (Å²) in [6, 6.07) is 3.72.